The number of hydrogen-bond donors (Lipinski definition) is 6. The van der Waals surface area contributed by atoms with Crippen molar-refractivity contribution in [1.29, 1.82) is 0 Å². The molecule has 5 rings (SSSR count). The summed E-state index contributed by atoms with van der Waals surface area (Å²) in [4.78, 5) is 61.4. The third kappa shape index (κ3) is 9.33. The van der Waals surface area contributed by atoms with E-state index in [1.54, 1.807) is 30.3 Å². The molecule has 2 aliphatic rings. The van der Waals surface area contributed by atoms with E-state index in [2.05, 4.69) is 0 Å². The monoisotopic (exact) mass is 774 g/mol. The van der Waals surface area contributed by atoms with Crippen LogP contribution in [0.2, 0.25) is 0 Å². The third-order valence-electron chi connectivity index (χ3n) is 8.63. The highest BCUT2D eigenvalue weighted by molar-refractivity contribution is 6.10. The van der Waals surface area contributed by atoms with Crippen LogP contribution in [-0.2, 0) is 44.7 Å². The maximum atomic E-state index is 14.4. The highest BCUT2D eigenvalue weighted by Crippen LogP contribution is 2.44. The molecule has 0 amide bonds. The molecule has 296 valence electrons. The van der Waals surface area contributed by atoms with Crippen LogP contribution in [0.15, 0.2) is 36.4 Å². The van der Waals surface area contributed by atoms with Gasteiger partial charge in [-0.2, -0.15) is 0 Å². The van der Waals surface area contributed by atoms with Gasteiger partial charge < -0.3 is 68.5 Å². The van der Waals surface area contributed by atoms with Crippen LogP contribution < -0.4 is 18.9 Å². The Hall–Kier alpha value is -5.73. The molecule has 6 atom stereocenters. The summed E-state index contributed by atoms with van der Waals surface area (Å²) in [5.74, 6) is -5.02. The van der Waals surface area contributed by atoms with Crippen LogP contribution in [0, 0.1) is 0 Å². The first-order valence-electron chi connectivity index (χ1n) is 16.5. The van der Waals surface area contributed by atoms with Crippen molar-refractivity contribution >= 4 is 40.6 Å². The number of rotatable bonds is 15. The molecule has 19 heteroatoms. The van der Waals surface area contributed by atoms with Gasteiger partial charge >= 0.3 is 29.8 Å². The molecule has 0 bridgehead atoms. The highest BCUT2D eigenvalue weighted by Gasteiger charge is 2.47. The van der Waals surface area contributed by atoms with Crippen LogP contribution in [-0.4, -0.2) is 124 Å². The summed E-state index contributed by atoms with van der Waals surface area (Å²) in [6, 6.07) is 9.35. The van der Waals surface area contributed by atoms with Gasteiger partial charge in [-0.25, -0.2) is 4.79 Å². The Labute approximate surface area is 311 Å². The lowest BCUT2D eigenvalue weighted by Gasteiger charge is -2.39. The number of esters is 3. The maximum absolute atomic E-state index is 14.4. The lowest BCUT2D eigenvalue weighted by molar-refractivity contribution is -0.286. The van der Waals surface area contributed by atoms with E-state index in [9.17, 15) is 44.4 Å². The van der Waals surface area contributed by atoms with Gasteiger partial charge in [-0.1, -0.05) is 6.07 Å². The van der Waals surface area contributed by atoms with Gasteiger partial charge in [0.2, 0.25) is 13.1 Å². The first kappa shape index (κ1) is 40.5. The van der Waals surface area contributed by atoms with Crippen LogP contribution in [0.1, 0.15) is 42.1 Å². The third-order valence-corrected chi connectivity index (χ3v) is 8.63. The standard InChI is InChI=1S/C36H38O19/c1-36(47,11-26(39)40)12-28(42)51-14-24-31(43)32(44)33(45)35(54-24)55-34(46)30-18(13-50-27(41)10-25(37)38)6-17-8-21(48-2)22(49-3)9-19(17)29(30)16-4-5-20-23(7-16)53-15-52-20/h4-9,24,31-33,35,43-45,47H,10-15H2,1-3H3,(H,37,38)(H,39,40)/t24-,31-,32+,33-,35+,36?/m1/s1. The molecule has 1 unspecified atom stereocenters. The number of aliphatic hydroxyl groups is 4. The molecular formula is C36H38O19. The molecule has 6 N–H and O–H groups in total. The number of fused-ring (bicyclic) bond motifs is 2. The predicted octanol–water partition coefficient (Wildman–Crippen LogP) is 0.894. The summed E-state index contributed by atoms with van der Waals surface area (Å²) < 4.78 is 43.5. The predicted molar refractivity (Wildman–Crippen MR) is 181 cm³/mol. The van der Waals surface area contributed by atoms with Gasteiger partial charge in [-0.05, 0) is 53.6 Å². The number of carbonyl (C=O) groups excluding carboxylic acids is 3. The van der Waals surface area contributed by atoms with Gasteiger partial charge in [-0.15, -0.1) is 0 Å². The molecule has 1 fully saturated rings. The molecule has 0 aliphatic carbocycles. The number of aliphatic carboxylic acids is 2. The van der Waals surface area contributed by atoms with Crippen LogP contribution >= 0.6 is 0 Å². The van der Waals surface area contributed by atoms with Gasteiger partial charge in [0, 0.05) is 11.1 Å². The van der Waals surface area contributed by atoms with E-state index in [1.807, 2.05) is 0 Å². The first-order chi connectivity index (χ1) is 26.0. The Bertz CT molecular complexity index is 1970. The second kappa shape index (κ2) is 16.7. The number of benzene rings is 3. The van der Waals surface area contributed by atoms with Crippen molar-refractivity contribution in [3.05, 3.63) is 47.5 Å². The molecule has 2 heterocycles. The van der Waals surface area contributed by atoms with Crippen molar-refractivity contribution < 1.29 is 92.5 Å². The van der Waals surface area contributed by atoms with E-state index in [1.165, 1.54) is 20.3 Å². The summed E-state index contributed by atoms with van der Waals surface area (Å²) in [6.45, 7) is -0.422. The molecule has 0 radical (unpaired) electrons. The number of hydrogen-bond acceptors (Lipinski definition) is 17. The zero-order valence-electron chi connectivity index (χ0n) is 29.6. The van der Waals surface area contributed by atoms with Crippen molar-refractivity contribution in [3.63, 3.8) is 0 Å². The number of carboxylic acids is 2. The summed E-state index contributed by atoms with van der Waals surface area (Å²) in [5, 5.41) is 61.2. The second-order valence-corrected chi connectivity index (χ2v) is 12.9. The lowest BCUT2D eigenvalue weighted by atomic mass is 9.89. The number of carboxylic acid groups (broad SMARTS) is 2. The first-order valence-corrected chi connectivity index (χ1v) is 16.5. The lowest BCUT2D eigenvalue weighted by Crippen LogP contribution is -2.59. The molecular weight excluding hydrogens is 736 g/mol. The fourth-order valence-corrected chi connectivity index (χ4v) is 6.06. The Morgan fingerprint density at radius 3 is 2.18 bits per heavy atom. The second-order valence-electron chi connectivity index (χ2n) is 12.9. The summed E-state index contributed by atoms with van der Waals surface area (Å²) in [7, 11) is 2.80. The van der Waals surface area contributed by atoms with Crippen LogP contribution in [0.25, 0.3) is 21.9 Å². The molecule has 1 saturated heterocycles. The average molecular weight is 775 g/mol. The number of aliphatic hydroxyl groups excluding tert-OH is 3. The Morgan fingerprint density at radius 2 is 1.51 bits per heavy atom. The fraction of sp³-hybridized carbons (Fsp3) is 0.417. The Morgan fingerprint density at radius 1 is 0.818 bits per heavy atom. The SMILES string of the molecule is COc1cc2cc(COC(=O)CC(=O)O)c(C(=O)O[C@@H]3O[C@H](COC(=O)CC(C)(O)CC(=O)O)[C@@H](O)[C@H](O)[C@H]3O)c(-c3ccc4c(c3)OCO4)c2cc1OC. The van der Waals surface area contributed by atoms with Crippen molar-refractivity contribution in [2.24, 2.45) is 0 Å². The molecule has 2 aliphatic heterocycles. The van der Waals surface area contributed by atoms with Crippen LogP contribution in [0.4, 0.5) is 0 Å². The van der Waals surface area contributed by atoms with Crippen LogP contribution in [0.3, 0.4) is 0 Å². The molecule has 0 aromatic heterocycles. The zero-order valence-corrected chi connectivity index (χ0v) is 29.6. The van der Waals surface area contributed by atoms with E-state index in [0.29, 0.717) is 33.6 Å². The quantitative estimate of drug-likeness (QED) is 0.0710. The van der Waals surface area contributed by atoms with Crippen molar-refractivity contribution in [2.45, 2.75) is 69.1 Å². The Balaban J connectivity index is 1.55. The van der Waals surface area contributed by atoms with E-state index >= 15 is 0 Å². The van der Waals surface area contributed by atoms with Gasteiger partial charge in [0.05, 0.1) is 38.2 Å². The number of methoxy groups -OCH3 is 2. The van der Waals surface area contributed by atoms with Gasteiger partial charge in [0.15, 0.2) is 23.0 Å². The average Bonchev–Trinajstić information content (AvgIpc) is 3.59. The van der Waals surface area contributed by atoms with E-state index < -0.39 is 98.6 Å². The summed E-state index contributed by atoms with van der Waals surface area (Å²) in [6.07, 6.45) is -12.1. The summed E-state index contributed by atoms with van der Waals surface area (Å²) in [5.41, 5.74) is -1.78. The van der Waals surface area contributed by atoms with E-state index in [4.69, 9.17) is 48.1 Å². The topological polar surface area (TPSA) is 281 Å². The minimum Gasteiger partial charge on any atom is -0.493 e. The normalized spacial score (nSPS) is 21.3. The molecule has 3 aromatic carbocycles. The van der Waals surface area contributed by atoms with E-state index in [0.717, 1.165) is 6.92 Å². The Kier molecular flexibility index (Phi) is 12.3. The molecule has 0 saturated carbocycles. The van der Waals surface area contributed by atoms with Crippen molar-refractivity contribution in [2.75, 3.05) is 27.6 Å². The molecule has 19 nitrogen and oxygen atoms in total. The van der Waals surface area contributed by atoms with Crippen LogP contribution in [0.5, 0.6) is 23.0 Å². The van der Waals surface area contributed by atoms with E-state index in [-0.39, 0.29) is 29.2 Å². The number of ether oxygens (including phenoxy) is 8. The van der Waals surface area contributed by atoms with Gasteiger partial charge in [-0.3, -0.25) is 19.2 Å². The minimum atomic E-state index is -2.06. The zero-order chi connectivity index (χ0) is 40.2. The largest absolute Gasteiger partial charge is 0.493 e. The fourth-order valence-electron chi connectivity index (χ4n) is 6.06. The van der Waals surface area contributed by atoms with Crippen molar-refractivity contribution in [3.8, 4) is 34.1 Å². The smallest absolute Gasteiger partial charge is 0.341 e. The maximum Gasteiger partial charge on any atom is 0.341 e. The molecule has 0 spiro atoms. The molecule has 55 heavy (non-hydrogen) atoms. The summed E-state index contributed by atoms with van der Waals surface area (Å²) >= 11 is 0. The minimum absolute atomic E-state index is 0.0131. The highest BCUT2D eigenvalue weighted by atomic mass is 16.7. The van der Waals surface area contributed by atoms with Crippen molar-refractivity contribution in [1.82, 2.24) is 0 Å². The number of carbonyl (C=O) groups is 5. The van der Waals surface area contributed by atoms with Gasteiger partial charge in [0.25, 0.3) is 0 Å². The molecule has 3 aromatic rings. The van der Waals surface area contributed by atoms with Gasteiger partial charge in [0.1, 0.15) is 44.1 Å².